The summed E-state index contributed by atoms with van der Waals surface area (Å²) in [5.74, 6) is -7.72. The Bertz CT molecular complexity index is 1630. The molecule has 0 radical (unpaired) electrons. The average molecular weight is 635 g/mol. The van der Waals surface area contributed by atoms with Crippen LogP contribution in [-0.4, -0.2) is 42.1 Å². The van der Waals surface area contributed by atoms with Crippen molar-refractivity contribution in [3.05, 3.63) is 95.1 Å². The molecule has 0 unspecified atom stereocenters. The molecule has 0 atom stereocenters. The SMILES string of the molecule is CC1(c2cccc(SOOO)c2)OC(=O)C(=CC=CCC=C2C(=O)OC(C)(c3cccc(S(=O)(=O)O)c3)OC2=O)C(=O)O1. The van der Waals surface area contributed by atoms with Crippen LogP contribution in [0, 0.1) is 0 Å². The highest BCUT2D eigenvalue weighted by atomic mass is 32.2. The summed E-state index contributed by atoms with van der Waals surface area (Å²) < 4.78 is 57.8. The zero-order chi connectivity index (χ0) is 31.4. The standard InChI is InChI=1S/C27H22O14S2/c1-26(16-8-6-10-18(14-16)42-41-40-32)36-22(28)20(23(29)37-26)12-4-3-5-13-21-24(30)38-27(2,39-25(21)31)17-9-7-11-19(15-17)43(33,34)35/h3-4,6-15,32H,5H2,1-2H3,(H,33,34,35). The fourth-order valence-corrected chi connectivity index (χ4v) is 4.87. The maximum Gasteiger partial charge on any atom is 0.349 e. The second kappa shape index (κ2) is 12.5. The Kier molecular flexibility index (Phi) is 9.19. The molecule has 2 heterocycles. The third-order valence-corrected chi connectivity index (χ3v) is 7.49. The van der Waals surface area contributed by atoms with E-state index in [-0.39, 0.29) is 12.0 Å². The number of carbonyl (C=O) groups excluding carboxylic acids is 4. The molecule has 0 spiro atoms. The van der Waals surface area contributed by atoms with Crippen LogP contribution in [0.4, 0.5) is 0 Å². The summed E-state index contributed by atoms with van der Waals surface area (Å²) in [5.41, 5.74) is -0.558. The fraction of sp³-hybridized carbons (Fsp3) is 0.185. The highest BCUT2D eigenvalue weighted by Crippen LogP contribution is 2.36. The number of benzene rings is 2. The molecule has 0 aromatic heterocycles. The molecule has 4 rings (SSSR count). The molecule has 226 valence electrons. The molecule has 14 nitrogen and oxygen atoms in total. The monoisotopic (exact) mass is 634 g/mol. The maximum absolute atomic E-state index is 12.6. The Hall–Kier alpha value is -4.32. The van der Waals surface area contributed by atoms with Gasteiger partial charge >= 0.3 is 23.9 Å². The van der Waals surface area contributed by atoms with Gasteiger partial charge in [-0.3, -0.25) is 4.55 Å². The minimum absolute atomic E-state index is 0.00541. The first kappa shape index (κ1) is 31.6. The average Bonchev–Trinajstić information content (AvgIpc) is 2.94. The van der Waals surface area contributed by atoms with E-state index in [0.29, 0.717) is 22.5 Å². The first-order valence-electron chi connectivity index (χ1n) is 12.1. The molecule has 2 aliphatic rings. The molecule has 2 N–H and O–H groups in total. The zero-order valence-corrected chi connectivity index (χ0v) is 23.9. The van der Waals surface area contributed by atoms with Gasteiger partial charge in [-0.05, 0) is 36.8 Å². The van der Waals surface area contributed by atoms with Crippen LogP contribution >= 0.6 is 12.0 Å². The lowest BCUT2D eigenvalue weighted by atomic mass is 10.1. The van der Waals surface area contributed by atoms with Gasteiger partial charge in [0.1, 0.15) is 11.1 Å². The van der Waals surface area contributed by atoms with Crippen LogP contribution in [0.3, 0.4) is 0 Å². The molecular formula is C27H22O14S2. The summed E-state index contributed by atoms with van der Waals surface area (Å²) in [6.45, 7) is 2.60. The lowest BCUT2D eigenvalue weighted by Gasteiger charge is -2.33. The molecule has 43 heavy (non-hydrogen) atoms. The normalized spacial score (nSPS) is 22.5. The molecule has 0 amide bonds. The van der Waals surface area contributed by atoms with Crippen LogP contribution in [0.25, 0.3) is 0 Å². The summed E-state index contributed by atoms with van der Waals surface area (Å²) in [4.78, 5) is 50.3. The molecule has 2 aliphatic heterocycles. The maximum atomic E-state index is 12.6. The lowest BCUT2D eigenvalue weighted by molar-refractivity contribution is -0.432. The van der Waals surface area contributed by atoms with E-state index in [2.05, 4.69) is 9.37 Å². The second-order valence-corrected chi connectivity index (χ2v) is 11.3. The van der Waals surface area contributed by atoms with Crippen molar-refractivity contribution in [2.24, 2.45) is 0 Å². The minimum atomic E-state index is -4.56. The number of hydrogen-bond acceptors (Lipinski definition) is 14. The second-order valence-electron chi connectivity index (χ2n) is 9.07. The van der Waals surface area contributed by atoms with Gasteiger partial charge in [0.2, 0.25) is 0 Å². The van der Waals surface area contributed by atoms with Crippen molar-refractivity contribution in [2.75, 3.05) is 0 Å². The largest absolute Gasteiger partial charge is 0.414 e. The smallest absolute Gasteiger partial charge is 0.349 e. The van der Waals surface area contributed by atoms with E-state index in [1.807, 2.05) is 0 Å². The third kappa shape index (κ3) is 7.19. The Morgan fingerprint density at radius 2 is 1.37 bits per heavy atom. The van der Waals surface area contributed by atoms with Gasteiger partial charge in [-0.1, -0.05) is 47.5 Å². The predicted octanol–water partition coefficient (Wildman–Crippen LogP) is 3.41. The van der Waals surface area contributed by atoms with Crippen LogP contribution in [0.15, 0.2) is 93.8 Å². The highest BCUT2D eigenvalue weighted by molar-refractivity contribution is 7.94. The van der Waals surface area contributed by atoms with Gasteiger partial charge in [0.05, 0.1) is 16.9 Å². The molecule has 0 aliphatic carbocycles. The topological polar surface area (TPSA) is 198 Å². The highest BCUT2D eigenvalue weighted by Gasteiger charge is 2.45. The third-order valence-electron chi connectivity index (χ3n) is 6.06. The first-order valence-corrected chi connectivity index (χ1v) is 14.3. The molecule has 0 saturated carbocycles. The zero-order valence-electron chi connectivity index (χ0n) is 22.2. The van der Waals surface area contributed by atoms with E-state index in [1.54, 1.807) is 18.2 Å². The van der Waals surface area contributed by atoms with Gasteiger partial charge in [0.25, 0.3) is 21.7 Å². The molecule has 2 aromatic carbocycles. The van der Waals surface area contributed by atoms with Crippen LogP contribution in [-0.2, 0) is 69.2 Å². The van der Waals surface area contributed by atoms with E-state index < -0.39 is 61.6 Å². The van der Waals surface area contributed by atoms with E-state index in [0.717, 1.165) is 18.2 Å². The Balaban J connectivity index is 1.40. The number of cyclic esters (lactones) is 4. The van der Waals surface area contributed by atoms with Gasteiger partial charge in [-0.2, -0.15) is 8.42 Å². The van der Waals surface area contributed by atoms with Crippen molar-refractivity contribution >= 4 is 46.0 Å². The fourth-order valence-electron chi connectivity index (χ4n) is 3.93. The lowest BCUT2D eigenvalue weighted by Crippen LogP contribution is -2.42. The van der Waals surface area contributed by atoms with Crippen molar-refractivity contribution in [1.29, 1.82) is 0 Å². The quantitative estimate of drug-likeness (QED) is 0.0773. The summed E-state index contributed by atoms with van der Waals surface area (Å²) in [5, 5.41) is 11.9. The Labute approximate surface area is 248 Å². The summed E-state index contributed by atoms with van der Waals surface area (Å²) in [7, 11) is -4.56. The molecular weight excluding hydrogens is 612 g/mol. The van der Waals surface area contributed by atoms with E-state index in [1.165, 1.54) is 50.3 Å². The minimum Gasteiger partial charge on any atom is -0.414 e. The summed E-state index contributed by atoms with van der Waals surface area (Å²) >= 11 is 0.661. The number of hydrogen-bond donors (Lipinski definition) is 2. The van der Waals surface area contributed by atoms with Gasteiger partial charge < -0.3 is 18.9 Å². The van der Waals surface area contributed by atoms with E-state index >= 15 is 0 Å². The van der Waals surface area contributed by atoms with Crippen molar-refractivity contribution in [3.63, 3.8) is 0 Å². The first-order chi connectivity index (χ1) is 20.3. The molecule has 2 aromatic rings. The van der Waals surface area contributed by atoms with Crippen molar-refractivity contribution in [2.45, 2.75) is 41.6 Å². The summed E-state index contributed by atoms with van der Waals surface area (Å²) in [6.07, 6.45) is 5.04. The number of rotatable bonds is 9. The Morgan fingerprint density at radius 3 is 1.93 bits per heavy atom. The molecule has 0 bridgehead atoms. The van der Waals surface area contributed by atoms with Crippen molar-refractivity contribution in [3.8, 4) is 0 Å². The van der Waals surface area contributed by atoms with Gasteiger partial charge in [0.15, 0.2) is 0 Å². The van der Waals surface area contributed by atoms with Crippen LogP contribution < -0.4 is 0 Å². The van der Waals surface area contributed by atoms with Crippen LogP contribution in [0.5, 0.6) is 0 Å². The number of allylic oxidation sites excluding steroid dienone is 4. The van der Waals surface area contributed by atoms with Crippen molar-refractivity contribution < 1.29 is 65.7 Å². The number of carbonyl (C=O) groups is 4. The van der Waals surface area contributed by atoms with Gasteiger partial charge in [-0.25, -0.2) is 24.4 Å². The number of esters is 4. The predicted molar refractivity (Wildman–Crippen MR) is 142 cm³/mol. The summed E-state index contributed by atoms with van der Waals surface area (Å²) in [6, 6.07) is 11.0. The molecule has 2 saturated heterocycles. The molecule has 2 fully saturated rings. The van der Waals surface area contributed by atoms with Crippen LogP contribution in [0.1, 0.15) is 31.4 Å². The van der Waals surface area contributed by atoms with E-state index in [4.69, 9.17) is 24.2 Å². The number of ether oxygens (including phenoxy) is 4. The van der Waals surface area contributed by atoms with Crippen LogP contribution in [0.2, 0.25) is 0 Å². The Morgan fingerprint density at radius 1 is 0.837 bits per heavy atom. The van der Waals surface area contributed by atoms with Gasteiger partial charge in [-0.15, -0.1) is 4.33 Å². The molecule has 16 heteroatoms. The van der Waals surface area contributed by atoms with Crippen molar-refractivity contribution in [1.82, 2.24) is 0 Å². The van der Waals surface area contributed by atoms with E-state index in [9.17, 15) is 32.1 Å². The van der Waals surface area contributed by atoms with Gasteiger partial charge in [0, 0.05) is 29.9 Å².